The van der Waals surface area contributed by atoms with Crippen LogP contribution in [0.5, 0.6) is 0 Å². The predicted molar refractivity (Wildman–Crippen MR) is 96.1 cm³/mol. The standard InChI is InChI=1S/C18H30N4O4/c1-12-8-6-7-9-18(12)15(25)22(16(26)20-18)11-14(24)21(5)10-13(23)19-17(2,3)4/h12H,6-11H2,1-5H3,(H,19,23)(H,20,26)/t12-,18-/m0/s1. The van der Waals surface area contributed by atoms with Crippen LogP contribution in [0.3, 0.4) is 0 Å². The molecule has 8 heteroatoms. The first-order valence-electron chi connectivity index (χ1n) is 9.15. The van der Waals surface area contributed by atoms with Crippen LogP contribution < -0.4 is 10.6 Å². The van der Waals surface area contributed by atoms with Crippen LogP contribution >= 0.6 is 0 Å². The number of nitrogens with one attached hydrogen (secondary N) is 2. The minimum atomic E-state index is -0.877. The molecule has 26 heavy (non-hydrogen) atoms. The van der Waals surface area contributed by atoms with Crippen LogP contribution in [0.15, 0.2) is 0 Å². The molecule has 5 amide bonds. The summed E-state index contributed by atoms with van der Waals surface area (Å²) >= 11 is 0. The number of amides is 5. The molecule has 146 valence electrons. The maximum Gasteiger partial charge on any atom is 0.325 e. The molecule has 8 nitrogen and oxygen atoms in total. The molecule has 2 aliphatic rings. The lowest BCUT2D eigenvalue weighted by atomic mass is 9.73. The summed E-state index contributed by atoms with van der Waals surface area (Å²) in [6.07, 6.45) is 3.40. The lowest BCUT2D eigenvalue weighted by molar-refractivity contribution is -0.141. The van der Waals surface area contributed by atoms with Crippen LogP contribution in [0.1, 0.15) is 53.4 Å². The minimum Gasteiger partial charge on any atom is -0.350 e. The minimum absolute atomic E-state index is 0.0445. The van der Waals surface area contributed by atoms with E-state index in [1.54, 1.807) is 0 Å². The number of nitrogens with zero attached hydrogens (tertiary/aromatic N) is 2. The zero-order valence-electron chi connectivity index (χ0n) is 16.3. The Labute approximate surface area is 154 Å². The molecule has 2 atom stereocenters. The Bertz CT molecular complexity index is 613. The van der Waals surface area contributed by atoms with E-state index in [1.165, 1.54) is 11.9 Å². The Morgan fingerprint density at radius 2 is 1.96 bits per heavy atom. The van der Waals surface area contributed by atoms with E-state index in [0.29, 0.717) is 6.42 Å². The fourth-order valence-electron chi connectivity index (χ4n) is 3.66. The third-order valence-electron chi connectivity index (χ3n) is 5.12. The van der Waals surface area contributed by atoms with Crippen molar-refractivity contribution < 1.29 is 19.2 Å². The van der Waals surface area contributed by atoms with Gasteiger partial charge in [0.25, 0.3) is 5.91 Å². The highest BCUT2D eigenvalue weighted by molar-refractivity contribution is 6.09. The average molecular weight is 366 g/mol. The summed E-state index contributed by atoms with van der Waals surface area (Å²) < 4.78 is 0. The van der Waals surface area contributed by atoms with Crippen molar-refractivity contribution in [2.24, 2.45) is 5.92 Å². The molecule has 2 rings (SSSR count). The van der Waals surface area contributed by atoms with E-state index in [4.69, 9.17) is 0 Å². The van der Waals surface area contributed by atoms with Gasteiger partial charge in [-0.1, -0.05) is 19.8 Å². The topological polar surface area (TPSA) is 98.8 Å². The Morgan fingerprint density at radius 3 is 2.54 bits per heavy atom. The number of hydrogen-bond donors (Lipinski definition) is 2. The summed E-state index contributed by atoms with van der Waals surface area (Å²) in [7, 11) is 1.49. The van der Waals surface area contributed by atoms with E-state index in [0.717, 1.165) is 24.2 Å². The summed E-state index contributed by atoms with van der Waals surface area (Å²) in [6.45, 7) is 7.05. The van der Waals surface area contributed by atoms with E-state index in [2.05, 4.69) is 10.6 Å². The van der Waals surface area contributed by atoms with E-state index in [9.17, 15) is 19.2 Å². The van der Waals surface area contributed by atoms with Crippen molar-refractivity contribution >= 4 is 23.8 Å². The predicted octanol–water partition coefficient (Wildman–Crippen LogP) is 0.860. The highest BCUT2D eigenvalue weighted by Crippen LogP contribution is 2.38. The first-order valence-corrected chi connectivity index (χ1v) is 9.15. The zero-order chi connectivity index (χ0) is 19.7. The first kappa shape index (κ1) is 20.2. The molecule has 2 fully saturated rings. The van der Waals surface area contributed by atoms with E-state index < -0.39 is 23.0 Å². The number of likely N-dealkylation sites (N-methyl/N-ethyl adjacent to an activating group) is 1. The van der Waals surface area contributed by atoms with Crippen molar-refractivity contribution in [3.05, 3.63) is 0 Å². The summed E-state index contributed by atoms with van der Waals surface area (Å²) in [6, 6.07) is -0.523. The number of imide groups is 1. The van der Waals surface area contributed by atoms with Gasteiger partial charge in [0, 0.05) is 12.6 Å². The third kappa shape index (κ3) is 4.16. The molecule has 1 saturated carbocycles. The molecule has 0 radical (unpaired) electrons. The van der Waals surface area contributed by atoms with Gasteiger partial charge in [0.05, 0.1) is 6.54 Å². The van der Waals surface area contributed by atoms with Gasteiger partial charge >= 0.3 is 6.03 Å². The maximum atomic E-state index is 12.9. The van der Waals surface area contributed by atoms with Crippen LogP contribution in [0, 0.1) is 5.92 Å². The van der Waals surface area contributed by atoms with E-state index in [-0.39, 0.29) is 30.8 Å². The van der Waals surface area contributed by atoms with Crippen LogP contribution in [0.2, 0.25) is 0 Å². The summed E-state index contributed by atoms with van der Waals surface area (Å²) in [5, 5.41) is 5.60. The van der Waals surface area contributed by atoms with Crippen LogP contribution in [-0.4, -0.2) is 64.8 Å². The summed E-state index contributed by atoms with van der Waals surface area (Å²) in [5.74, 6) is -1.01. The fourth-order valence-corrected chi connectivity index (χ4v) is 3.66. The molecule has 0 bridgehead atoms. The highest BCUT2D eigenvalue weighted by Gasteiger charge is 2.55. The second kappa shape index (κ2) is 7.25. The van der Waals surface area contributed by atoms with Gasteiger partial charge in [-0.05, 0) is 39.5 Å². The summed E-state index contributed by atoms with van der Waals surface area (Å²) in [4.78, 5) is 51.8. The number of carbonyl (C=O) groups excluding carboxylic acids is 4. The average Bonchev–Trinajstić information content (AvgIpc) is 2.73. The Balaban J connectivity index is 1.99. The molecule has 1 aliphatic heterocycles. The van der Waals surface area contributed by atoms with Gasteiger partial charge in [0.1, 0.15) is 12.1 Å². The lowest BCUT2D eigenvalue weighted by Crippen LogP contribution is -2.54. The van der Waals surface area contributed by atoms with Crippen LogP contribution in [0.25, 0.3) is 0 Å². The molecule has 0 aromatic carbocycles. The molecule has 0 unspecified atom stereocenters. The molecular weight excluding hydrogens is 336 g/mol. The van der Waals surface area contributed by atoms with Gasteiger partial charge in [-0.25, -0.2) is 4.79 Å². The van der Waals surface area contributed by atoms with Crippen molar-refractivity contribution in [1.29, 1.82) is 0 Å². The summed E-state index contributed by atoms with van der Waals surface area (Å²) in [5.41, 5.74) is -1.27. The molecule has 1 saturated heterocycles. The quantitative estimate of drug-likeness (QED) is 0.721. The fraction of sp³-hybridized carbons (Fsp3) is 0.778. The monoisotopic (exact) mass is 366 g/mol. The van der Waals surface area contributed by atoms with Crippen molar-refractivity contribution in [2.75, 3.05) is 20.1 Å². The Kier molecular flexibility index (Phi) is 5.63. The molecule has 1 heterocycles. The van der Waals surface area contributed by atoms with Crippen molar-refractivity contribution in [2.45, 2.75) is 64.5 Å². The molecular formula is C18H30N4O4. The lowest BCUT2D eigenvalue weighted by Gasteiger charge is -2.36. The number of hydrogen-bond acceptors (Lipinski definition) is 4. The van der Waals surface area contributed by atoms with Crippen molar-refractivity contribution in [1.82, 2.24) is 20.4 Å². The largest absolute Gasteiger partial charge is 0.350 e. The number of rotatable bonds is 4. The van der Waals surface area contributed by atoms with Gasteiger partial charge in [0.2, 0.25) is 11.8 Å². The number of carbonyl (C=O) groups is 4. The Morgan fingerprint density at radius 1 is 1.31 bits per heavy atom. The normalized spacial score (nSPS) is 26.0. The Hall–Kier alpha value is -2.12. The van der Waals surface area contributed by atoms with Crippen LogP contribution in [-0.2, 0) is 14.4 Å². The van der Waals surface area contributed by atoms with Crippen molar-refractivity contribution in [3.63, 3.8) is 0 Å². The van der Waals surface area contributed by atoms with Gasteiger partial charge in [-0.2, -0.15) is 0 Å². The molecule has 2 N–H and O–H groups in total. The highest BCUT2D eigenvalue weighted by atomic mass is 16.2. The van der Waals surface area contributed by atoms with Gasteiger partial charge in [0.15, 0.2) is 0 Å². The van der Waals surface area contributed by atoms with Gasteiger partial charge < -0.3 is 15.5 Å². The van der Waals surface area contributed by atoms with E-state index >= 15 is 0 Å². The van der Waals surface area contributed by atoms with E-state index in [1.807, 2.05) is 27.7 Å². The SMILES string of the molecule is C[C@H]1CCCC[C@]12NC(=O)N(CC(=O)N(C)CC(=O)NC(C)(C)C)C2=O. The zero-order valence-corrected chi connectivity index (χ0v) is 16.3. The number of urea groups is 1. The van der Waals surface area contributed by atoms with Crippen molar-refractivity contribution in [3.8, 4) is 0 Å². The molecule has 1 aliphatic carbocycles. The molecule has 0 aromatic rings. The molecule has 1 spiro atoms. The van der Waals surface area contributed by atoms with Crippen LogP contribution in [0.4, 0.5) is 4.79 Å². The molecule has 0 aromatic heterocycles. The first-order chi connectivity index (χ1) is 12.0. The third-order valence-corrected chi connectivity index (χ3v) is 5.12. The second-order valence-electron chi connectivity index (χ2n) is 8.49. The maximum absolute atomic E-state index is 12.9. The van der Waals surface area contributed by atoms with Gasteiger partial charge in [-0.3, -0.25) is 19.3 Å². The van der Waals surface area contributed by atoms with Gasteiger partial charge in [-0.15, -0.1) is 0 Å². The second-order valence-corrected chi connectivity index (χ2v) is 8.49. The smallest absolute Gasteiger partial charge is 0.325 e.